The third-order valence-electron chi connectivity index (χ3n) is 3.65. The first kappa shape index (κ1) is 14.0. The number of nitrogens with zero attached hydrogens (tertiary/aromatic N) is 2. The summed E-state index contributed by atoms with van der Waals surface area (Å²) < 4.78 is 1.63. The molecule has 0 spiro atoms. The molecular formula is C17H14N2O3. The van der Waals surface area contributed by atoms with Crippen molar-refractivity contribution in [3.8, 4) is 0 Å². The summed E-state index contributed by atoms with van der Waals surface area (Å²) >= 11 is 0. The van der Waals surface area contributed by atoms with Crippen molar-refractivity contribution < 1.29 is 4.92 Å². The SMILES string of the molecule is Cc1ccc(Cn2c(=O)ccc3cc([N+](=O)[O-])ccc32)cc1. The standard InChI is InChI=1S/C17H14N2O3/c1-12-2-4-13(5-3-12)11-18-16-8-7-15(19(21)22)10-14(16)6-9-17(18)20/h2-10H,11H2,1H3. The maximum Gasteiger partial charge on any atom is 0.270 e. The Labute approximate surface area is 126 Å². The van der Waals surface area contributed by atoms with E-state index in [1.54, 1.807) is 16.7 Å². The molecule has 0 unspecified atom stereocenters. The Morgan fingerprint density at radius 1 is 1.05 bits per heavy atom. The van der Waals surface area contributed by atoms with E-state index in [9.17, 15) is 14.9 Å². The molecule has 0 saturated heterocycles. The summed E-state index contributed by atoms with van der Waals surface area (Å²) in [6, 6.07) is 15.6. The number of hydrogen-bond acceptors (Lipinski definition) is 3. The lowest BCUT2D eigenvalue weighted by Gasteiger charge is -2.10. The Morgan fingerprint density at radius 3 is 2.45 bits per heavy atom. The fourth-order valence-corrected chi connectivity index (χ4v) is 2.44. The zero-order valence-corrected chi connectivity index (χ0v) is 12.0. The van der Waals surface area contributed by atoms with E-state index in [1.807, 2.05) is 31.2 Å². The molecule has 0 fully saturated rings. The summed E-state index contributed by atoms with van der Waals surface area (Å²) in [7, 11) is 0. The van der Waals surface area contributed by atoms with Crippen LogP contribution in [0, 0.1) is 17.0 Å². The second-order valence-electron chi connectivity index (χ2n) is 5.24. The van der Waals surface area contributed by atoms with E-state index in [0.717, 1.165) is 11.1 Å². The van der Waals surface area contributed by atoms with Crippen molar-refractivity contribution in [2.75, 3.05) is 0 Å². The Kier molecular flexibility index (Phi) is 3.47. The van der Waals surface area contributed by atoms with Crippen LogP contribution in [-0.4, -0.2) is 9.49 Å². The summed E-state index contributed by atoms with van der Waals surface area (Å²) in [5.41, 5.74) is 2.76. The number of fused-ring (bicyclic) bond motifs is 1. The highest BCUT2D eigenvalue weighted by atomic mass is 16.6. The second-order valence-corrected chi connectivity index (χ2v) is 5.24. The molecule has 1 heterocycles. The summed E-state index contributed by atoms with van der Waals surface area (Å²) in [4.78, 5) is 22.6. The van der Waals surface area contributed by atoms with Gasteiger partial charge in [0.25, 0.3) is 11.2 Å². The van der Waals surface area contributed by atoms with E-state index < -0.39 is 4.92 Å². The number of aromatic nitrogens is 1. The monoisotopic (exact) mass is 294 g/mol. The van der Waals surface area contributed by atoms with Gasteiger partial charge in [0.05, 0.1) is 17.0 Å². The van der Waals surface area contributed by atoms with Crippen LogP contribution in [0.25, 0.3) is 10.9 Å². The molecule has 0 saturated carbocycles. The highest BCUT2D eigenvalue weighted by Crippen LogP contribution is 2.20. The van der Waals surface area contributed by atoms with Crippen LogP contribution in [0.5, 0.6) is 0 Å². The van der Waals surface area contributed by atoms with E-state index >= 15 is 0 Å². The van der Waals surface area contributed by atoms with Gasteiger partial charge in [-0.2, -0.15) is 0 Å². The maximum atomic E-state index is 12.2. The largest absolute Gasteiger partial charge is 0.304 e. The quantitative estimate of drug-likeness (QED) is 0.550. The number of rotatable bonds is 3. The highest BCUT2D eigenvalue weighted by Gasteiger charge is 2.09. The van der Waals surface area contributed by atoms with Gasteiger partial charge in [0.15, 0.2) is 0 Å². The molecule has 110 valence electrons. The molecule has 5 heteroatoms. The lowest BCUT2D eigenvalue weighted by Crippen LogP contribution is -2.19. The van der Waals surface area contributed by atoms with Crippen LogP contribution >= 0.6 is 0 Å². The van der Waals surface area contributed by atoms with Crippen molar-refractivity contribution in [3.63, 3.8) is 0 Å². The van der Waals surface area contributed by atoms with Gasteiger partial charge in [-0.1, -0.05) is 29.8 Å². The minimum absolute atomic E-state index is 0.0213. The Bertz CT molecular complexity index is 911. The summed E-state index contributed by atoms with van der Waals surface area (Å²) in [5, 5.41) is 11.5. The fourth-order valence-electron chi connectivity index (χ4n) is 2.44. The van der Waals surface area contributed by atoms with Crippen LogP contribution in [0.3, 0.4) is 0 Å². The second kappa shape index (κ2) is 5.44. The summed E-state index contributed by atoms with van der Waals surface area (Å²) in [6.45, 7) is 2.45. The van der Waals surface area contributed by atoms with Gasteiger partial charge < -0.3 is 4.57 Å². The molecule has 3 rings (SSSR count). The van der Waals surface area contributed by atoms with E-state index in [-0.39, 0.29) is 11.2 Å². The van der Waals surface area contributed by atoms with Gasteiger partial charge in [-0.15, -0.1) is 0 Å². The van der Waals surface area contributed by atoms with Crippen molar-refractivity contribution >= 4 is 16.6 Å². The van der Waals surface area contributed by atoms with Crippen LogP contribution < -0.4 is 5.56 Å². The minimum Gasteiger partial charge on any atom is -0.304 e. The van der Waals surface area contributed by atoms with Gasteiger partial charge in [-0.3, -0.25) is 14.9 Å². The number of hydrogen-bond donors (Lipinski definition) is 0. The maximum absolute atomic E-state index is 12.2. The molecule has 3 aromatic rings. The van der Waals surface area contributed by atoms with Crippen LogP contribution in [0.2, 0.25) is 0 Å². The molecule has 1 aromatic heterocycles. The molecule has 2 aromatic carbocycles. The van der Waals surface area contributed by atoms with Gasteiger partial charge in [0.2, 0.25) is 0 Å². The molecule has 0 atom stereocenters. The van der Waals surface area contributed by atoms with E-state index in [1.165, 1.54) is 18.2 Å². The molecule has 0 aliphatic carbocycles. The van der Waals surface area contributed by atoms with Crippen molar-refractivity contribution in [1.29, 1.82) is 0 Å². The summed E-state index contributed by atoms with van der Waals surface area (Å²) in [6.07, 6.45) is 0. The summed E-state index contributed by atoms with van der Waals surface area (Å²) in [5.74, 6) is 0. The normalized spacial score (nSPS) is 10.8. The van der Waals surface area contributed by atoms with Crippen LogP contribution in [0.1, 0.15) is 11.1 Å². The first-order chi connectivity index (χ1) is 10.5. The molecule has 22 heavy (non-hydrogen) atoms. The van der Waals surface area contributed by atoms with E-state index in [0.29, 0.717) is 17.4 Å². The van der Waals surface area contributed by atoms with Crippen molar-refractivity contribution in [3.05, 3.63) is 86.2 Å². The van der Waals surface area contributed by atoms with Gasteiger partial charge in [0.1, 0.15) is 0 Å². The zero-order chi connectivity index (χ0) is 15.7. The van der Waals surface area contributed by atoms with Crippen molar-refractivity contribution in [2.24, 2.45) is 0 Å². The molecule has 5 nitrogen and oxygen atoms in total. The number of nitro groups is 1. The van der Waals surface area contributed by atoms with Gasteiger partial charge in [-0.25, -0.2) is 0 Å². The van der Waals surface area contributed by atoms with E-state index in [2.05, 4.69) is 0 Å². The van der Waals surface area contributed by atoms with Crippen molar-refractivity contribution in [1.82, 2.24) is 4.57 Å². The van der Waals surface area contributed by atoms with Crippen LogP contribution in [-0.2, 0) is 6.54 Å². The van der Waals surface area contributed by atoms with Crippen LogP contribution in [0.4, 0.5) is 5.69 Å². The number of non-ortho nitro benzene ring substituents is 1. The molecule has 0 bridgehead atoms. The molecule has 0 aliphatic heterocycles. The minimum atomic E-state index is -0.436. The lowest BCUT2D eigenvalue weighted by atomic mass is 10.1. The topological polar surface area (TPSA) is 65.1 Å². The first-order valence-corrected chi connectivity index (χ1v) is 6.88. The van der Waals surface area contributed by atoms with Crippen molar-refractivity contribution in [2.45, 2.75) is 13.5 Å². The Balaban J connectivity index is 2.11. The lowest BCUT2D eigenvalue weighted by molar-refractivity contribution is -0.384. The fraction of sp³-hybridized carbons (Fsp3) is 0.118. The van der Waals surface area contributed by atoms with Gasteiger partial charge in [0, 0.05) is 23.6 Å². The third-order valence-corrected chi connectivity index (χ3v) is 3.65. The first-order valence-electron chi connectivity index (χ1n) is 6.88. The number of pyridine rings is 1. The number of benzene rings is 2. The molecule has 0 amide bonds. The molecule has 0 N–H and O–H groups in total. The molecule has 0 radical (unpaired) electrons. The third kappa shape index (κ3) is 2.61. The van der Waals surface area contributed by atoms with Gasteiger partial charge >= 0.3 is 0 Å². The predicted octanol–water partition coefficient (Wildman–Crippen LogP) is 3.27. The smallest absolute Gasteiger partial charge is 0.270 e. The Morgan fingerprint density at radius 2 is 1.77 bits per heavy atom. The van der Waals surface area contributed by atoms with E-state index in [4.69, 9.17) is 0 Å². The molecule has 0 aliphatic rings. The molecular weight excluding hydrogens is 280 g/mol. The number of aryl methyl sites for hydroxylation is 1. The zero-order valence-electron chi connectivity index (χ0n) is 12.0. The van der Waals surface area contributed by atoms with Crippen LogP contribution in [0.15, 0.2) is 59.4 Å². The predicted molar refractivity (Wildman–Crippen MR) is 85.1 cm³/mol. The number of nitro benzene ring substituents is 1. The highest BCUT2D eigenvalue weighted by molar-refractivity contribution is 5.81. The average Bonchev–Trinajstić information content (AvgIpc) is 2.51. The van der Waals surface area contributed by atoms with Gasteiger partial charge in [-0.05, 0) is 24.6 Å². The Hall–Kier alpha value is -2.95. The average molecular weight is 294 g/mol.